The van der Waals surface area contributed by atoms with E-state index in [1.165, 1.54) is 35.0 Å². The summed E-state index contributed by atoms with van der Waals surface area (Å²) in [6.07, 6.45) is 2.50. The molecule has 0 saturated heterocycles. The predicted molar refractivity (Wildman–Crippen MR) is 102 cm³/mol. The molecule has 1 saturated carbocycles. The molecule has 1 aromatic heterocycles. The number of aromatic nitrogens is 1. The summed E-state index contributed by atoms with van der Waals surface area (Å²) in [5.41, 5.74) is 3.81. The van der Waals surface area contributed by atoms with E-state index in [0.29, 0.717) is 5.92 Å². The van der Waals surface area contributed by atoms with Crippen molar-refractivity contribution in [2.24, 2.45) is 5.92 Å². The van der Waals surface area contributed by atoms with Crippen LogP contribution in [0.4, 0.5) is 0 Å². The lowest BCUT2D eigenvalue weighted by molar-refractivity contribution is 0.603. The summed E-state index contributed by atoms with van der Waals surface area (Å²) >= 11 is 12.0. The Labute approximate surface area is 152 Å². The summed E-state index contributed by atoms with van der Waals surface area (Å²) in [5.74, 6) is 1.46. The number of hydrogen-bond donors (Lipinski definition) is 2. The van der Waals surface area contributed by atoms with Gasteiger partial charge in [-0.3, -0.25) is 0 Å². The second-order valence-corrected chi connectivity index (χ2v) is 7.52. The Balaban J connectivity index is 1.26. The van der Waals surface area contributed by atoms with Crippen LogP contribution in [0.15, 0.2) is 48.5 Å². The number of hydrogen-bond acceptors (Lipinski definition) is 1. The van der Waals surface area contributed by atoms with Gasteiger partial charge in [0.05, 0.1) is 0 Å². The fraction of sp³-hybridized carbons (Fsp3) is 0.300. The van der Waals surface area contributed by atoms with Gasteiger partial charge >= 0.3 is 0 Å². The number of fused-ring (bicyclic) bond motifs is 1. The molecule has 1 heterocycles. The van der Waals surface area contributed by atoms with Gasteiger partial charge in [0, 0.05) is 39.1 Å². The van der Waals surface area contributed by atoms with Crippen molar-refractivity contribution in [3.8, 4) is 0 Å². The van der Waals surface area contributed by atoms with Crippen LogP contribution in [0, 0.1) is 5.92 Å². The number of aromatic amines is 1. The lowest BCUT2D eigenvalue weighted by atomic mass is 10.2. The Morgan fingerprint density at radius 3 is 2.62 bits per heavy atom. The zero-order valence-electron chi connectivity index (χ0n) is 13.4. The van der Waals surface area contributed by atoms with Crippen LogP contribution in [0.5, 0.6) is 0 Å². The number of H-pyrrole nitrogens is 1. The van der Waals surface area contributed by atoms with Gasteiger partial charge in [0.2, 0.25) is 0 Å². The van der Waals surface area contributed by atoms with E-state index in [2.05, 4.69) is 34.6 Å². The molecule has 1 aliphatic carbocycles. The second-order valence-electron chi connectivity index (χ2n) is 6.65. The van der Waals surface area contributed by atoms with Gasteiger partial charge in [-0.25, -0.2) is 0 Å². The van der Waals surface area contributed by atoms with Crippen LogP contribution in [0.25, 0.3) is 10.9 Å². The summed E-state index contributed by atoms with van der Waals surface area (Å²) in [7, 11) is 0. The molecule has 2 nitrogen and oxygen atoms in total. The quantitative estimate of drug-likeness (QED) is 0.538. The third kappa shape index (κ3) is 3.61. The monoisotopic (exact) mass is 358 g/mol. The maximum atomic E-state index is 6.07. The smallest absolute Gasteiger partial charge is 0.0457 e. The van der Waals surface area contributed by atoms with Crippen LogP contribution in [-0.2, 0) is 6.54 Å². The first-order chi connectivity index (χ1) is 11.7. The Morgan fingerprint density at radius 2 is 1.79 bits per heavy atom. The largest absolute Gasteiger partial charge is 0.358 e. The van der Waals surface area contributed by atoms with Gasteiger partial charge in [0.1, 0.15) is 0 Å². The minimum atomic E-state index is 0.675. The molecular weight excluding hydrogens is 339 g/mol. The highest BCUT2D eigenvalue weighted by molar-refractivity contribution is 6.31. The van der Waals surface area contributed by atoms with Gasteiger partial charge < -0.3 is 10.3 Å². The number of rotatable bonds is 6. The molecule has 4 heteroatoms. The molecule has 1 aliphatic rings. The van der Waals surface area contributed by atoms with Gasteiger partial charge in [-0.1, -0.05) is 35.3 Å². The van der Waals surface area contributed by atoms with Crippen LogP contribution in [0.3, 0.4) is 0 Å². The first kappa shape index (κ1) is 16.0. The standard InChI is InChI=1S/C20H20Cl2N2/c21-16-3-1-13(2-4-16)12-23-8-7-14-10-18(14)20-11-15-9-17(22)5-6-19(15)24-20/h1-6,9,11,14,18,23-24H,7-8,10,12H2/t14-,18+/m1/s1. The fourth-order valence-electron chi connectivity index (χ4n) is 3.40. The molecule has 2 atom stereocenters. The molecule has 2 N–H and O–H groups in total. The molecule has 2 aromatic carbocycles. The highest BCUT2D eigenvalue weighted by Gasteiger charge is 2.38. The SMILES string of the molecule is Clc1ccc(CNCC[C@@H]2C[C@@H]2c2cc3cc(Cl)ccc3[nH]2)cc1. The predicted octanol–water partition coefficient (Wildman–Crippen LogP) is 5.76. The van der Waals surface area contributed by atoms with E-state index in [0.717, 1.165) is 29.1 Å². The van der Waals surface area contributed by atoms with Gasteiger partial charge in [-0.05, 0) is 67.3 Å². The van der Waals surface area contributed by atoms with Crippen molar-refractivity contribution in [1.29, 1.82) is 0 Å². The highest BCUT2D eigenvalue weighted by Crippen LogP contribution is 2.49. The van der Waals surface area contributed by atoms with E-state index >= 15 is 0 Å². The first-order valence-electron chi connectivity index (χ1n) is 8.42. The van der Waals surface area contributed by atoms with E-state index in [-0.39, 0.29) is 0 Å². The minimum absolute atomic E-state index is 0.675. The van der Waals surface area contributed by atoms with Gasteiger partial charge in [-0.2, -0.15) is 0 Å². The maximum Gasteiger partial charge on any atom is 0.0457 e. The number of halogens is 2. The van der Waals surface area contributed by atoms with Crippen LogP contribution in [0.1, 0.15) is 30.0 Å². The van der Waals surface area contributed by atoms with Crippen molar-refractivity contribution in [2.45, 2.75) is 25.3 Å². The average Bonchev–Trinajstić information content (AvgIpc) is 3.23. The Bertz CT molecular complexity index is 838. The first-order valence-corrected chi connectivity index (χ1v) is 9.18. The van der Waals surface area contributed by atoms with Crippen molar-refractivity contribution < 1.29 is 0 Å². The normalized spacial score (nSPS) is 19.8. The molecule has 0 amide bonds. The van der Waals surface area contributed by atoms with Gasteiger partial charge in [-0.15, -0.1) is 0 Å². The highest BCUT2D eigenvalue weighted by atomic mass is 35.5. The van der Waals surface area contributed by atoms with Crippen molar-refractivity contribution in [3.05, 3.63) is 69.8 Å². The van der Waals surface area contributed by atoms with Crippen LogP contribution < -0.4 is 5.32 Å². The molecule has 4 rings (SSSR count). The van der Waals surface area contributed by atoms with E-state index in [4.69, 9.17) is 23.2 Å². The Kier molecular flexibility index (Phi) is 4.53. The lowest BCUT2D eigenvalue weighted by Crippen LogP contribution is -2.15. The van der Waals surface area contributed by atoms with E-state index in [1.807, 2.05) is 24.3 Å². The fourth-order valence-corrected chi connectivity index (χ4v) is 3.70. The summed E-state index contributed by atoms with van der Waals surface area (Å²) in [6.45, 7) is 1.95. The molecule has 124 valence electrons. The van der Waals surface area contributed by atoms with Gasteiger partial charge in [0.25, 0.3) is 0 Å². The van der Waals surface area contributed by atoms with E-state index < -0.39 is 0 Å². The van der Waals surface area contributed by atoms with Crippen molar-refractivity contribution in [1.82, 2.24) is 10.3 Å². The van der Waals surface area contributed by atoms with Crippen molar-refractivity contribution >= 4 is 34.1 Å². The molecule has 24 heavy (non-hydrogen) atoms. The zero-order chi connectivity index (χ0) is 16.5. The molecule has 0 bridgehead atoms. The van der Waals surface area contributed by atoms with Crippen LogP contribution >= 0.6 is 23.2 Å². The van der Waals surface area contributed by atoms with Crippen molar-refractivity contribution in [2.75, 3.05) is 6.54 Å². The summed E-state index contributed by atoms with van der Waals surface area (Å²) in [6, 6.07) is 16.3. The number of nitrogens with one attached hydrogen (secondary N) is 2. The third-order valence-electron chi connectivity index (χ3n) is 4.86. The lowest BCUT2D eigenvalue weighted by Gasteiger charge is -2.05. The van der Waals surface area contributed by atoms with E-state index in [9.17, 15) is 0 Å². The molecule has 0 spiro atoms. The van der Waals surface area contributed by atoms with Crippen LogP contribution in [-0.4, -0.2) is 11.5 Å². The molecule has 1 fully saturated rings. The summed E-state index contributed by atoms with van der Waals surface area (Å²) < 4.78 is 0. The van der Waals surface area contributed by atoms with Crippen molar-refractivity contribution in [3.63, 3.8) is 0 Å². The zero-order valence-corrected chi connectivity index (χ0v) is 14.9. The molecule has 0 unspecified atom stereocenters. The summed E-state index contributed by atoms with van der Waals surface area (Å²) in [4.78, 5) is 3.54. The van der Waals surface area contributed by atoms with E-state index in [1.54, 1.807) is 0 Å². The Hall–Kier alpha value is -1.48. The van der Waals surface area contributed by atoms with Gasteiger partial charge in [0.15, 0.2) is 0 Å². The summed E-state index contributed by atoms with van der Waals surface area (Å²) in [5, 5.41) is 6.33. The molecule has 0 radical (unpaired) electrons. The number of benzene rings is 2. The topological polar surface area (TPSA) is 27.8 Å². The minimum Gasteiger partial charge on any atom is -0.358 e. The molecular formula is C20H20Cl2N2. The molecule has 0 aliphatic heterocycles. The maximum absolute atomic E-state index is 6.07. The Morgan fingerprint density at radius 1 is 1.00 bits per heavy atom. The molecule has 3 aromatic rings. The third-order valence-corrected chi connectivity index (χ3v) is 5.35. The average molecular weight is 359 g/mol. The van der Waals surface area contributed by atoms with Crippen LogP contribution in [0.2, 0.25) is 10.0 Å². The second kappa shape index (κ2) is 6.79.